The Labute approximate surface area is 204 Å². The number of aromatic nitrogens is 4. The van der Waals surface area contributed by atoms with Gasteiger partial charge in [-0.15, -0.1) is 16.4 Å². The van der Waals surface area contributed by atoms with E-state index >= 15 is 0 Å². The molecule has 13 heteroatoms. The number of pyridine rings is 1. The lowest BCUT2D eigenvalue weighted by Gasteiger charge is -2.12. The minimum Gasteiger partial charge on any atom is -0.480 e. The third kappa shape index (κ3) is 5.01. The zero-order valence-corrected chi connectivity index (χ0v) is 19.7. The number of ether oxygens (including phenoxy) is 2. The molecule has 1 atom stereocenters. The Balaban J connectivity index is 1.26. The molecule has 4 heterocycles. The summed E-state index contributed by atoms with van der Waals surface area (Å²) in [7, 11) is -3.81. The van der Waals surface area contributed by atoms with Gasteiger partial charge in [-0.25, -0.2) is 22.6 Å². The summed E-state index contributed by atoms with van der Waals surface area (Å²) in [4.78, 5) is 16.9. The molecular formula is C22H19N5O6S2. The second kappa shape index (κ2) is 9.44. The normalized spacial score (nSPS) is 13.6. The predicted octanol–water partition coefficient (Wildman–Crippen LogP) is 2.48. The quantitative estimate of drug-likeness (QED) is 0.345. The minimum absolute atomic E-state index is 0.124. The molecule has 0 saturated heterocycles. The van der Waals surface area contributed by atoms with E-state index in [-0.39, 0.29) is 29.7 Å². The smallest absolute Gasteiger partial charge is 0.328 e. The van der Waals surface area contributed by atoms with Gasteiger partial charge in [-0.05, 0) is 42.0 Å². The second-order valence-corrected chi connectivity index (χ2v) is 10.7. The van der Waals surface area contributed by atoms with E-state index < -0.39 is 22.0 Å². The first-order valence-electron chi connectivity index (χ1n) is 10.4. The van der Waals surface area contributed by atoms with Gasteiger partial charge < -0.3 is 14.6 Å². The SMILES string of the molecule is O=C(O)[C@H](Cc1ccc2c(c1)OCO2)n1cc(CNS(=O)(=O)c2ccc(-c3ccccn3)s2)nn1. The molecule has 2 N–H and O–H groups in total. The Morgan fingerprint density at radius 2 is 2.03 bits per heavy atom. The Hall–Kier alpha value is -3.81. The topological polar surface area (TPSA) is 146 Å². The molecule has 3 aromatic heterocycles. The van der Waals surface area contributed by atoms with Crippen LogP contribution >= 0.6 is 11.3 Å². The first-order chi connectivity index (χ1) is 16.9. The van der Waals surface area contributed by atoms with Crippen molar-refractivity contribution in [2.24, 2.45) is 0 Å². The molecule has 35 heavy (non-hydrogen) atoms. The first kappa shape index (κ1) is 23.0. The number of nitrogens with one attached hydrogen (secondary N) is 1. The highest BCUT2D eigenvalue weighted by molar-refractivity contribution is 7.91. The molecule has 0 saturated carbocycles. The number of benzene rings is 1. The molecule has 11 nitrogen and oxygen atoms in total. The zero-order valence-electron chi connectivity index (χ0n) is 18.1. The summed E-state index contributed by atoms with van der Waals surface area (Å²) in [6.07, 6.45) is 3.19. The predicted molar refractivity (Wildman–Crippen MR) is 125 cm³/mol. The Bertz CT molecular complexity index is 1470. The van der Waals surface area contributed by atoms with Crippen molar-refractivity contribution >= 4 is 27.3 Å². The van der Waals surface area contributed by atoms with E-state index in [9.17, 15) is 18.3 Å². The highest BCUT2D eigenvalue weighted by Gasteiger charge is 2.24. The molecule has 1 aromatic carbocycles. The van der Waals surface area contributed by atoms with E-state index in [4.69, 9.17) is 9.47 Å². The summed E-state index contributed by atoms with van der Waals surface area (Å²) in [6, 6.07) is 12.8. The van der Waals surface area contributed by atoms with Crippen molar-refractivity contribution in [2.45, 2.75) is 23.2 Å². The van der Waals surface area contributed by atoms with Gasteiger partial charge in [-0.2, -0.15) is 0 Å². The van der Waals surface area contributed by atoms with Gasteiger partial charge in [0, 0.05) is 12.6 Å². The van der Waals surface area contributed by atoms with Crippen molar-refractivity contribution in [1.82, 2.24) is 24.7 Å². The maximum absolute atomic E-state index is 12.7. The molecule has 5 rings (SSSR count). The summed E-state index contributed by atoms with van der Waals surface area (Å²) in [5.41, 5.74) is 1.69. The molecule has 1 aliphatic rings. The number of fused-ring (bicyclic) bond motifs is 1. The standard InChI is InChI=1S/C22H19N5O6S2/c28-22(29)17(9-14-4-5-18-19(10-14)33-13-32-18)27-12-15(25-26-27)11-24-35(30,31)21-7-6-20(34-21)16-3-1-2-8-23-16/h1-8,10,12,17,24H,9,11,13H2,(H,28,29)/t17-/m0/s1. The van der Waals surface area contributed by atoms with Crippen LogP contribution in [0.3, 0.4) is 0 Å². The van der Waals surface area contributed by atoms with E-state index in [2.05, 4.69) is 20.0 Å². The molecule has 0 radical (unpaired) electrons. The van der Waals surface area contributed by atoms with Crippen molar-refractivity contribution < 1.29 is 27.8 Å². The number of carbonyl (C=O) groups is 1. The Kier molecular flexibility index (Phi) is 6.19. The number of nitrogens with zero attached hydrogens (tertiary/aromatic N) is 4. The van der Waals surface area contributed by atoms with Gasteiger partial charge in [0.05, 0.1) is 29.0 Å². The highest BCUT2D eigenvalue weighted by atomic mass is 32.2. The van der Waals surface area contributed by atoms with Gasteiger partial charge in [-0.1, -0.05) is 17.3 Å². The largest absolute Gasteiger partial charge is 0.480 e. The van der Waals surface area contributed by atoms with Gasteiger partial charge in [0.1, 0.15) is 4.21 Å². The summed E-state index contributed by atoms with van der Waals surface area (Å²) < 4.78 is 39.9. The molecule has 180 valence electrons. The van der Waals surface area contributed by atoms with Crippen LogP contribution in [0.1, 0.15) is 17.3 Å². The van der Waals surface area contributed by atoms with E-state index in [1.54, 1.807) is 42.6 Å². The molecule has 0 fully saturated rings. The number of hydrogen-bond donors (Lipinski definition) is 2. The maximum atomic E-state index is 12.7. The average Bonchev–Trinajstić information content (AvgIpc) is 3.62. The van der Waals surface area contributed by atoms with Crippen LogP contribution in [0.2, 0.25) is 0 Å². The van der Waals surface area contributed by atoms with E-state index in [1.165, 1.54) is 16.9 Å². The summed E-state index contributed by atoms with van der Waals surface area (Å²) in [5.74, 6) is 0.0642. The molecule has 0 aliphatic carbocycles. The van der Waals surface area contributed by atoms with Gasteiger partial charge >= 0.3 is 5.97 Å². The Morgan fingerprint density at radius 1 is 1.17 bits per heavy atom. The fourth-order valence-corrected chi connectivity index (χ4v) is 5.81. The number of thiophene rings is 1. The van der Waals surface area contributed by atoms with Crippen molar-refractivity contribution in [3.05, 3.63) is 72.2 Å². The van der Waals surface area contributed by atoms with Crippen molar-refractivity contribution in [3.8, 4) is 22.1 Å². The van der Waals surface area contributed by atoms with Crippen LogP contribution in [0.15, 0.2) is 65.1 Å². The lowest BCUT2D eigenvalue weighted by molar-refractivity contribution is -0.141. The van der Waals surface area contributed by atoms with Crippen LogP contribution in [0.5, 0.6) is 11.5 Å². The van der Waals surface area contributed by atoms with Gasteiger partial charge in [-0.3, -0.25) is 4.98 Å². The van der Waals surface area contributed by atoms with Gasteiger partial charge in [0.15, 0.2) is 17.5 Å². The monoisotopic (exact) mass is 513 g/mol. The van der Waals surface area contributed by atoms with Gasteiger partial charge in [0.25, 0.3) is 0 Å². The number of hydrogen-bond acceptors (Lipinski definition) is 9. The third-order valence-electron chi connectivity index (χ3n) is 5.24. The van der Waals surface area contributed by atoms with Crippen LogP contribution in [0.4, 0.5) is 0 Å². The van der Waals surface area contributed by atoms with E-state index in [0.717, 1.165) is 21.8 Å². The molecular weight excluding hydrogens is 494 g/mol. The summed E-state index contributed by atoms with van der Waals surface area (Å²) >= 11 is 1.10. The fourth-order valence-electron chi connectivity index (χ4n) is 3.48. The van der Waals surface area contributed by atoms with E-state index in [1.807, 2.05) is 6.07 Å². The van der Waals surface area contributed by atoms with Gasteiger partial charge in [0.2, 0.25) is 16.8 Å². The molecule has 0 unspecified atom stereocenters. The minimum atomic E-state index is -3.81. The lowest BCUT2D eigenvalue weighted by Crippen LogP contribution is -2.23. The number of aliphatic carboxylic acids is 1. The van der Waals surface area contributed by atoms with Crippen LogP contribution in [-0.4, -0.2) is 46.3 Å². The zero-order chi connectivity index (χ0) is 24.4. The maximum Gasteiger partial charge on any atom is 0.328 e. The number of carboxylic acid groups (broad SMARTS) is 1. The summed E-state index contributed by atoms with van der Waals surface area (Å²) in [6.45, 7) is -0.0189. The molecule has 0 spiro atoms. The molecule has 0 amide bonds. The fraction of sp³-hybridized carbons (Fsp3) is 0.182. The average molecular weight is 514 g/mol. The van der Waals surface area contributed by atoms with Crippen LogP contribution < -0.4 is 14.2 Å². The van der Waals surface area contributed by atoms with Crippen LogP contribution in [0.25, 0.3) is 10.6 Å². The van der Waals surface area contributed by atoms with Crippen molar-refractivity contribution in [1.29, 1.82) is 0 Å². The van der Waals surface area contributed by atoms with Crippen molar-refractivity contribution in [3.63, 3.8) is 0 Å². The van der Waals surface area contributed by atoms with Crippen LogP contribution in [0, 0.1) is 0 Å². The van der Waals surface area contributed by atoms with E-state index in [0.29, 0.717) is 17.2 Å². The van der Waals surface area contributed by atoms with Crippen molar-refractivity contribution in [2.75, 3.05) is 6.79 Å². The third-order valence-corrected chi connectivity index (χ3v) is 8.24. The highest BCUT2D eigenvalue weighted by Crippen LogP contribution is 2.33. The number of rotatable bonds is 9. The van der Waals surface area contributed by atoms with Crippen LogP contribution in [-0.2, 0) is 27.8 Å². The number of sulfonamides is 1. The number of carboxylic acids is 1. The molecule has 4 aromatic rings. The lowest BCUT2D eigenvalue weighted by atomic mass is 10.1. The Morgan fingerprint density at radius 3 is 2.83 bits per heavy atom. The second-order valence-electron chi connectivity index (χ2n) is 7.59. The molecule has 0 bridgehead atoms. The molecule has 1 aliphatic heterocycles. The first-order valence-corrected chi connectivity index (χ1v) is 12.7. The summed E-state index contributed by atoms with van der Waals surface area (Å²) in [5, 5.41) is 17.6.